The Balaban J connectivity index is 1.77. The van der Waals surface area contributed by atoms with Crippen molar-refractivity contribution in [2.45, 2.75) is 18.8 Å². The first-order valence-corrected chi connectivity index (χ1v) is 10.0. The molecule has 0 saturated carbocycles. The Bertz CT molecular complexity index is 1280. The topological polar surface area (TPSA) is 57.9 Å². The van der Waals surface area contributed by atoms with Gasteiger partial charge in [-0.1, -0.05) is 24.3 Å². The van der Waals surface area contributed by atoms with Gasteiger partial charge in [-0.3, -0.25) is 0 Å². The molecule has 0 bridgehead atoms. The molecule has 0 radical (unpaired) electrons. The van der Waals surface area contributed by atoms with E-state index in [1.165, 1.54) is 0 Å². The zero-order valence-corrected chi connectivity index (χ0v) is 17.9. The summed E-state index contributed by atoms with van der Waals surface area (Å²) < 4.78 is 22.4. The lowest BCUT2D eigenvalue weighted by atomic mass is 10.0. The molecule has 0 amide bonds. The van der Waals surface area contributed by atoms with Crippen LogP contribution < -0.4 is 19.8 Å². The highest BCUT2D eigenvalue weighted by atomic mass is 32.1. The Morgan fingerprint density at radius 2 is 1.77 bits per heavy atom. The lowest BCUT2D eigenvalue weighted by Gasteiger charge is -2.13. The van der Waals surface area contributed by atoms with Crippen LogP contribution in [0.1, 0.15) is 23.3 Å². The van der Waals surface area contributed by atoms with Crippen LogP contribution in [0.4, 0.5) is 0 Å². The van der Waals surface area contributed by atoms with Crippen LogP contribution in [0, 0.1) is 0 Å². The Morgan fingerprint density at radius 3 is 2.50 bits per heavy atom. The van der Waals surface area contributed by atoms with E-state index in [0.717, 1.165) is 27.6 Å². The molecule has 0 spiro atoms. The van der Waals surface area contributed by atoms with Gasteiger partial charge in [0.2, 0.25) is 0 Å². The van der Waals surface area contributed by atoms with E-state index in [1.807, 2.05) is 55.5 Å². The Morgan fingerprint density at radius 1 is 0.933 bits per heavy atom. The van der Waals surface area contributed by atoms with E-state index in [9.17, 15) is 4.79 Å². The van der Waals surface area contributed by atoms with Crippen molar-refractivity contribution in [1.29, 1.82) is 0 Å². The highest BCUT2D eigenvalue weighted by Gasteiger charge is 2.15. The number of methoxy groups -OCH3 is 2. The van der Waals surface area contributed by atoms with Crippen LogP contribution in [0.25, 0.3) is 21.7 Å². The van der Waals surface area contributed by atoms with E-state index in [0.29, 0.717) is 29.1 Å². The molecule has 154 valence electrons. The standard InChI is InChI=1S/C24H22O5S/c1-14(30)16-7-8-18-19-11-22(27-3)23(12-21(19)29-24(25)20(18)10-16)28-13-15-5-4-6-17(9-15)26-2/h4-12,14,30H,13H2,1-3H3. The minimum atomic E-state index is -0.391. The van der Waals surface area contributed by atoms with Crippen LogP contribution in [-0.4, -0.2) is 14.2 Å². The molecule has 1 heterocycles. The first-order chi connectivity index (χ1) is 14.5. The van der Waals surface area contributed by atoms with Gasteiger partial charge in [-0.15, -0.1) is 0 Å². The number of rotatable bonds is 6. The molecule has 1 unspecified atom stereocenters. The van der Waals surface area contributed by atoms with Gasteiger partial charge in [0.15, 0.2) is 11.5 Å². The molecule has 4 rings (SSSR count). The van der Waals surface area contributed by atoms with Crippen molar-refractivity contribution in [2.24, 2.45) is 0 Å². The number of fused-ring (bicyclic) bond motifs is 3. The van der Waals surface area contributed by atoms with Gasteiger partial charge in [-0.25, -0.2) is 4.79 Å². The molecule has 1 aromatic heterocycles. The highest BCUT2D eigenvalue weighted by Crippen LogP contribution is 2.36. The minimum absolute atomic E-state index is 0.0198. The van der Waals surface area contributed by atoms with Gasteiger partial charge in [0.25, 0.3) is 0 Å². The van der Waals surface area contributed by atoms with Gasteiger partial charge < -0.3 is 18.6 Å². The largest absolute Gasteiger partial charge is 0.497 e. The first kappa shape index (κ1) is 20.2. The molecule has 5 nitrogen and oxygen atoms in total. The molecule has 4 aromatic rings. The molecule has 0 N–H and O–H groups in total. The maximum atomic E-state index is 12.6. The van der Waals surface area contributed by atoms with Crippen molar-refractivity contribution in [3.05, 3.63) is 76.1 Å². The second-order valence-corrected chi connectivity index (χ2v) is 7.78. The number of hydrogen-bond donors (Lipinski definition) is 1. The van der Waals surface area contributed by atoms with Gasteiger partial charge in [-0.05, 0) is 42.3 Å². The quantitative estimate of drug-likeness (QED) is 0.251. The van der Waals surface area contributed by atoms with Crippen molar-refractivity contribution in [2.75, 3.05) is 14.2 Å². The lowest BCUT2D eigenvalue weighted by Crippen LogP contribution is -2.02. The van der Waals surface area contributed by atoms with Crippen LogP contribution in [0.2, 0.25) is 0 Å². The van der Waals surface area contributed by atoms with Gasteiger partial charge in [-0.2, -0.15) is 12.6 Å². The first-order valence-electron chi connectivity index (χ1n) is 9.52. The summed E-state index contributed by atoms with van der Waals surface area (Å²) in [5, 5.41) is 2.13. The normalized spacial score (nSPS) is 12.1. The average Bonchev–Trinajstić information content (AvgIpc) is 2.77. The Hall–Kier alpha value is -3.12. The van der Waals surface area contributed by atoms with Crippen molar-refractivity contribution in [3.8, 4) is 17.2 Å². The van der Waals surface area contributed by atoms with Gasteiger partial charge in [0.05, 0.1) is 19.6 Å². The number of benzene rings is 3. The number of thiol groups is 1. The predicted molar refractivity (Wildman–Crippen MR) is 121 cm³/mol. The summed E-state index contributed by atoms with van der Waals surface area (Å²) >= 11 is 4.45. The molecular weight excluding hydrogens is 400 g/mol. The number of ether oxygens (including phenoxy) is 3. The maximum absolute atomic E-state index is 12.6. The molecule has 0 aliphatic carbocycles. The smallest absolute Gasteiger partial charge is 0.344 e. The lowest BCUT2D eigenvalue weighted by molar-refractivity contribution is 0.284. The van der Waals surface area contributed by atoms with Gasteiger partial charge in [0.1, 0.15) is 17.9 Å². The summed E-state index contributed by atoms with van der Waals surface area (Å²) in [4.78, 5) is 12.6. The van der Waals surface area contributed by atoms with Crippen LogP contribution in [-0.2, 0) is 6.61 Å². The van der Waals surface area contributed by atoms with E-state index >= 15 is 0 Å². The van der Waals surface area contributed by atoms with Crippen LogP contribution >= 0.6 is 12.6 Å². The maximum Gasteiger partial charge on any atom is 0.344 e. The summed E-state index contributed by atoms with van der Waals surface area (Å²) in [6.45, 7) is 2.28. The summed E-state index contributed by atoms with van der Waals surface area (Å²) in [5.41, 5.74) is 1.96. The minimum Gasteiger partial charge on any atom is -0.497 e. The monoisotopic (exact) mass is 422 g/mol. The fraction of sp³-hybridized carbons (Fsp3) is 0.208. The van der Waals surface area contributed by atoms with Crippen molar-refractivity contribution >= 4 is 34.4 Å². The molecule has 0 saturated heterocycles. The SMILES string of the molecule is COc1cccc(COc2cc3oc(=O)c4cc(C(C)S)ccc4c3cc2OC)c1. The third-order valence-electron chi connectivity index (χ3n) is 5.03. The van der Waals surface area contributed by atoms with Crippen LogP contribution in [0.3, 0.4) is 0 Å². The molecular formula is C24H22O5S. The zero-order chi connectivity index (χ0) is 21.3. The van der Waals surface area contributed by atoms with Crippen molar-refractivity contribution in [3.63, 3.8) is 0 Å². The fourth-order valence-electron chi connectivity index (χ4n) is 3.41. The third kappa shape index (κ3) is 3.83. The van der Waals surface area contributed by atoms with E-state index in [4.69, 9.17) is 18.6 Å². The number of hydrogen-bond acceptors (Lipinski definition) is 6. The van der Waals surface area contributed by atoms with Gasteiger partial charge >= 0.3 is 5.63 Å². The van der Waals surface area contributed by atoms with E-state index in [1.54, 1.807) is 20.3 Å². The van der Waals surface area contributed by atoms with Crippen LogP contribution in [0.5, 0.6) is 17.2 Å². The van der Waals surface area contributed by atoms with E-state index < -0.39 is 5.63 Å². The molecule has 1 atom stereocenters. The second-order valence-electron chi connectivity index (χ2n) is 7.01. The van der Waals surface area contributed by atoms with Crippen molar-refractivity contribution < 1.29 is 18.6 Å². The molecule has 0 aliphatic heterocycles. The fourth-order valence-corrected chi connectivity index (χ4v) is 3.57. The van der Waals surface area contributed by atoms with Crippen molar-refractivity contribution in [1.82, 2.24) is 0 Å². The average molecular weight is 423 g/mol. The summed E-state index contributed by atoms with van der Waals surface area (Å²) in [6.07, 6.45) is 0. The molecule has 6 heteroatoms. The van der Waals surface area contributed by atoms with E-state index in [-0.39, 0.29) is 5.25 Å². The molecule has 0 fully saturated rings. The Kier molecular flexibility index (Phi) is 5.59. The van der Waals surface area contributed by atoms with Gasteiger partial charge in [0, 0.05) is 22.1 Å². The van der Waals surface area contributed by atoms with E-state index in [2.05, 4.69) is 12.6 Å². The summed E-state index contributed by atoms with van der Waals surface area (Å²) in [6, 6.07) is 16.9. The zero-order valence-electron chi connectivity index (χ0n) is 17.0. The van der Waals surface area contributed by atoms with Crippen LogP contribution in [0.15, 0.2) is 63.8 Å². The molecule has 0 aliphatic rings. The highest BCUT2D eigenvalue weighted by molar-refractivity contribution is 7.80. The summed E-state index contributed by atoms with van der Waals surface area (Å²) in [5.74, 6) is 1.82. The third-order valence-corrected chi connectivity index (χ3v) is 5.33. The second kappa shape index (κ2) is 8.32. The molecule has 30 heavy (non-hydrogen) atoms. The molecule has 3 aromatic carbocycles. The predicted octanol–water partition coefficient (Wildman–Crippen LogP) is 5.53. The Labute approximate surface area is 179 Å². The summed E-state index contributed by atoms with van der Waals surface area (Å²) in [7, 11) is 3.21.